The highest BCUT2D eigenvalue weighted by Crippen LogP contribution is 2.45. The van der Waals surface area contributed by atoms with Crippen LogP contribution in [0.4, 0.5) is 0 Å². The highest BCUT2D eigenvalue weighted by Gasteiger charge is 2.41. The van der Waals surface area contributed by atoms with E-state index in [1.807, 2.05) is 0 Å². The zero-order valence-electron chi connectivity index (χ0n) is 11.3. The first-order chi connectivity index (χ1) is 8.81. The summed E-state index contributed by atoms with van der Waals surface area (Å²) in [5, 5.41) is 0. The molecule has 0 saturated heterocycles. The van der Waals surface area contributed by atoms with Crippen molar-refractivity contribution in [1.82, 2.24) is 0 Å². The lowest BCUT2D eigenvalue weighted by Crippen LogP contribution is -2.43. The third kappa shape index (κ3) is 2.33. The molecule has 0 aromatic heterocycles. The molecule has 2 saturated carbocycles. The Bertz CT molecular complexity index is 374. The van der Waals surface area contributed by atoms with Crippen LogP contribution in [0.5, 0.6) is 0 Å². The highest BCUT2D eigenvalue weighted by atomic mass is 14.7. The quantitative estimate of drug-likeness (QED) is 0.830. The van der Waals surface area contributed by atoms with Crippen LogP contribution in [0, 0.1) is 5.92 Å². The van der Waals surface area contributed by atoms with Crippen LogP contribution in [0.3, 0.4) is 0 Å². The summed E-state index contributed by atoms with van der Waals surface area (Å²) in [6, 6.07) is 11.4. The number of benzene rings is 1. The summed E-state index contributed by atoms with van der Waals surface area (Å²) < 4.78 is 0. The molecule has 1 heteroatoms. The molecule has 0 amide bonds. The molecule has 2 aliphatic rings. The molecule has 0 aliphatic heterocycles. The zero-order valence-corrected chi connectivity index (χ0v) is 11.3. The van der Waals surface area contributed by atoms with Gasteiger partial charge in [-0.2, -0.15) is 0 Å². The van der Waals surface area contributed by atoms with Gasteiger partial charge in [0.15, 0.2) is 0 Å². The Hall–Kier alpha value is -0.820. The van der Waals surface area contributed by atoms with Crippen molar-refractivity contribution >= 4 is 0 Å². The van der Waals surface area contributed by atoms with Gasteiger partial charge in [-0.05, 0) is 37.2 Å². The van der Waals surface area contributed by atoms with Gasteiger partial charge in [0.2, 0.25) is 0 Å². The molecular weight excluding hydrogens is 218 g/mol. The molecule has 98 valence electrons. The van der Waals surface area contributed by atoms with Crippen LogP contribution in [0.25, 0.3) is 0 Å². The van der Waals surface area contributed by atoms with Crippen LogP contribution in [0.15, 0.2) is 30.3 Å². The fourth-order valence-corrected chi connectivity index (χ4v) is 3.75. The van der Waals surface area contributed by atoms with E-state index in [1.165, 1.54) is 56.9 Å². The van der Waals surface area contributed by atoms with E-state index >= 15 is 0 Å². The number of rotatable bonds is 5. The molecule has 1 aromatic rings. The van der Waals surface area contributed by atoms with Gasteiger partial charge in [-0.1, -0.05) is 56.0 Å². The molecule has 2 fully saturated rings. The van der Waals surface area contributed by atoms with Gasteiger partial charge in [0, 0.05) is 11.5 Å². The van der Waals surface area contributed by atoms with E-state index in [4.69, 9.17) is 5.73 Å². The summed E-state index contributed by atoms with van der Waals surface area (Å²) >= 11 is 0. The van der Waals surface area contributed by atoms with Crippen LogP contribution in [-0.4, -0.2) is 6.04 Å². The Kier molecular flexibility index (Phi) is 3.43. The van der Waals surface area contributed by atoms with Crippen molar-refractivity contribution in [3.63, 3.8) is 0 Å². The van der Waals surface area contributed by atoms with Crippen LogP contribution >= 0.6 is 0 Å². The fraction of sp³-hybridized carbons (Fsp3) is 0.647. The molecule has 2 aliphatic carbocycles. The predicted molar refractivity (Wildman–Crippen MR) is 76.5 cm³/mol. The SMILES string of the molecule is NC(CCC1CC1)C1(c2ccccc2)CCCC1. The van der Waals surface area contributed by atoms with Gasteiger partial charge in [-0.3, -0.25) is 0 Å². The van der Waals surface area contributed by atoms with Crippen molar-refractivity contribution in [2.45, 2.75) is 62.8 Å². The minimum Gasteiger partial charge on any atom is -0.327 e. The maximum atomic E-state index is 6.62. The topological polar surface area (TPSA) is 26.0 Å². The van der Waals surface area contributed by atoms with Crippen LogP contribution in [0.1, 0.15) is 56.9 Å². The van der Waals surface area contributed by atoms with E-state index < -0.39 is 0 Å². The highest BCUT2D eigenvalue weighted by molar-refractivity contribution is 5.29. The average molecular weight is 243 g/mol. The molecule has 1 atom stereocenters. The second-order valence-corrected chi connectivity index (χ2v) is 6.36. The van der Waals surface area contributed by atoms with E-state index in [0.717, 1.165) is 5.92 Å². The maximum Gasteiger partial charge on any atom is 0.0136 e. The van der Waals surface area contributed by atoms with Crippen molar-refractivity contribution in [3.05, 3.63) is 35.9 Å². The van der Waals surface area contributed by atoms with Crippen molar-refractivity contribution in [3.8, 4) is 0 Å². The standard InChI is InChI=1S/C17H25N/c18-16(11-10-14-8-9-14)17(12-4-5-13-17)15-6-2-1-3-7-15/h1-3,6-7,14,16H,4-5,8-13,18H2. The predicted octanol–water partition coefficient (Wildman–Crippen LogP) is 4.02. The van der Waals surface area contributed by atoms with Crippen molar-refractivity contribution in [2.24, 2.45) is 11.7 Å². The molecule has 3 rings (SSSR count). The molecule has 18 heavy (non-hydrogen) atoms. The van der Waals surface area contributed by atoms with Crippen molar-refractivity contribution < 1.29 is 0 Å². The lowest BCUT2D eigenvalue weighted by atomic mass is 9.71. The molecule has 1 unspecified atom stereocenters. The summed E-state index contributed by atoms with van der Waals surface area (Å²) in [5.41, 5.74) is 8.40. The summed E-state index contributed by atoms with van der Waals surface area (Å²) in [4.78, 5) is 0. The van der Waals surface area contributed by atoms with Gasteiger partial charge in [-0.25, -0.2) is 0 Å². The Labute approximate surface area is 111 Å². The largest absolute Gasteiger partial charge is 0.327 e. The fourth-order valence-electron chi connectivity index (χ4n) is 3.75. The van der Waals surface area contributed by atoms with E-state index in [9.17, 15) is 0 Å². The summed E-state index contributed by atoms with van der Waals surface area (Å²) in [5.74, 6) is 1.00. The van der Waals surface area contributed by atoms with Crippen LogP contribution < -0.4 is 5.73 Å². The molecule has 1 nitrogen and oxygen atoms in total. The Morgan fingerprint density at radius 3 is 2.39 bits per heavy atom. The molecule has 0 spiro atoms. The van der Waals surface area contributed by atoms with Gasteiger partial charge >= 0.3 is 0 Å². The number of nitrogens with two attached hydrogens (primary N) is 1. The van der Waals surface area contributed by atoms with Crippen molar-refractivity contribution in [2.75, 3.05) is 0 Å². The molecular formula is C17H25N. The molecule has 0 radical (unpaired) electrons. The summed E-state index contributed by atoms with van der Waals surface area (Å²) in [6.45, 7) is 0. The minimum atomic E-state index is 0.288. The lowest BCUT2D eigenvalue weighted by molar-refractivity contribution is 0.324. The first-order valence-corrected chi connectivity index (χ1v) is 7.62. The molecule has 1 aromatic carbocycles. The van der Waals surface area contributed by atoms with Gasteiger partial charge in [0.25, 0.3) is 0 Å². The van der Waals surface area contributed by atoms with Gasteiger partial charge < -0.3 is 5.73 Å². The smallest absolute Gasteiger partial charge is 0.0136 e. The first-order valence-electron chi connectivity index (χ1n) is 7.62. The molecule has 0 heterocycles. The van der Waals surface area contributed by atoms with E-state index in [2.05, 4.69) is 30.3 Å². The van der Waals surface area contributed by atoms with Gasteiger partial charge in [0.05, 0.1) is 0 Å². The Morgan fingerprint density at radius 1 is 1.11 bits per heavy atom. The third-order valence-corrected chi connectivity index (χ3v) is 5.14. The van der Waals surface area contributed by atoms with Crippen molar-refractivity contribution in [1.29, 1.82) is 0 Å². The van der Waals surface area contributed by atoms with Gasteiger partial charge in [0.1, 0.15) is 0 Å². The first kappa shape index (κ1) is 12.2. The second-order valence-electron chi connectivity index (χ2n) is 6.36. The third-order valence-electron chi connectivity index (χ3n) is 5.14. The van der Waals surface area contributed by atoms with E-state index in [0.29, 0.717) is 6.04 Å². The number of hydrogen-bond acceptors (Lipinski definition) is 1. The van der Waals surface area contributed by atoms with Crippen LogP contribution in [-0.2, 0) is 5.41 Å². The maximum absolute atomic E-state index is 6.62. The number of hydrogen-bond donors (Lipinski definition) is 1. The average Bonchev–Trinajstić information content (AvgIpc) is 3.11. The molecule has 2 N–H and O–H groups in total. The zero-order chi connectivity index (χ0) is 12.4. The summed E-state index contributed by atoms with van der Waals surface area (Å²) in [6.07, 6.45) is 10.8. The van der Waals surface area contributed by atoms with E-state index in [-0.39, 0.29) is 5.41 Å². The molecule has 0 bridgehead atoms. The van der Waals surface area contributed by atoms with Gasteiger partial charge in [-0.15, -0.1) is 0 Å². The second kappa shape index (κ2) is 5.05. The lowest BCUT2D eigenvalue weighted by Gasteiger charge is -2.36. The van der Waals surface area contributed by atoms with E-state index in [1.54, 1.807) is 0 Å². The summed E-state index contributed by atoms with van der Waals surface area (Å²) in [7, 11) is 0. The Morgan fingerprint density at radius 2 is 1.78 bits per heavy atom. The normalized spacial score (nSPS) is 24.1. The van der Waals surface area contributed by atoms with Crippen LogP contribution in [0.2, 0.25) is 0 Å². The monoisotopic (exact) mass is 243 g/mol. The Balaban J connectivity index is 1.77. The minimum absolute atomic E-state index is 0.288.